The van der Waals surface area contributed by atoms with Crippen LogP contribution in [0.15, 0.2) is 146 Å². The molecule has 4 aliphatic rings. The van der Waals surface area contributed by atoms with Gasteiger partial charge in [-0.15, -0.1) is 0 Å². The van der Waals surface area contributed by atoms with E-state index in [1.54, 1.807) is 0 Å². The van der Waals surface area contributed by atoms with Crippen LogP contribution in [-0.2, 0) is 47.8 Å². The van der Waals surface area contributed by atoms with Crippen molar-refractivity contribution in [3.63, 3.8) is 0 Å². The van der Waals surface area contributed by atoms with Gasteiger partial charge in [0.05, 0.1) is 108 Å². The van der Waals surface area contributed by atoms with Gasteiger partial charge in [0.15, 0.2) is 0 Å². The van der Waals surface area contributed by atoms with Crippen LogP contribution in [0.1, 0.15) is 234 Å². The Hall–Kier alpha value is -10.1. The van der Waals surface area contributed by atoms with Gasteiger partial charge in [0.1, 0.15) is 0 Å². The zero-order valence-corrected chi connectivity index (χ0v) is 83.9. The number of hydrogen-bond acceptors (Lipinski definition) is 15. The van der Waals surface area contributed by atoms with Crippen molar-refractivity contribution in [1.82, 2.24) is 38.0 Å². The Balaban J connectivity index is 0.000000153. The van der Waals surface area contributed by atoms with Gasteiger partial charge in [0.2, 0.25) is 11.8 Å². The van der Waals surface area contributed by atoms with E-state index >= 15 is 0 Å². The summed E-state index contributed by atoms with van der Waals surface area (Å²) in [6.07, 6.45) is 3.55. The highest BCUT2D eigenvalue weighted by Gasteiger charge is 2.46. The fourth-order valence-electron chi connectivity index (χ4n) is 18.5. The summed E-state index contributed by atoms with van der Waals surface area (Å²) < 4.78 is 7.65. The molecule has 22 nitrogen and oxygen atoms in total. The highest BCUT2D eigenvalue weighted by molar-refractivity contribution is 9.13. The minimum absolute atomic E-state index is 0. The molecule has 1 aliphatic carbocycles. The number of carbonyl (C=O) groups is 4. The molecule has 8 heterocycles. The van der Waals surface area contributed by atoms with Crippen LogP contribution in [0.25, 0.3) is 119 Å². The number of fused-ring (bicyclic) bond motifs is 10. The van der Waals surface area contributed by atoms with E-state index in [1.165, 1.54) is 28.1 Å². The second kappa shape index (κ2) is 33.9. The lowest BCUT2D eigenvalue weighted by Gasteiger charge is -2.34. The number of H-pyrrole nitrogens is 1. The van der Waals surface area contributed by atoms with Crippen LogP contribution in [0, 0.1) is 0 Å². The summed E-state index contributed by atoms with van der Waals surface area (Å²) in [4.78, 5) is 156. The van der Waals surface area contributed by atoms with Gasteiger partial charge in [-0.1, -0.05) is 181 Å². The molecule has 0 fully saturated rings. The Morgan fingerprint density at radius 2 is 0.775 bits per heavy atom. The van der Waals surface area contributed by atoms with Crippen molar-refractivity contribution in [2.24, 2.45) is 4.99 Å². The molecule has 5 aromatic heterocycles. The van der Waals surface area contributed by atoms with Gasteiger partial charge in [0.25, 0.3) is 57.0 Å². The van der Waals surface area contributed by atoms with Crippen molar-refractivity contribution in [2.45, 2.75) is 218 Å². The summed E-state index contributed by atoms with van der Waals surface area (Å²) in [5.41, 5.74) is 7.07. The van der Waals surface area contributed by atoms with Crippen molar-refractivity contribution < 1.29 is 29.4 Å². The number of hydrogen-bond donors (Lipinski definition) is 4. The minimum atomic E-state index is -0.484. The van der Waals surface area contributed by atoms with Crippen LogP contribution < -0.4 is 44.0 Å². The number of aromatic hydroxyl groups is 2. The molecule has 18 rings (SSSR count). The predicted octanol–water partition coefficient (Wildman–Crippen LogP) is 24.0. The third-order valence-corrected chi connectivity index (χ3v) is 30.6. The fourth-order valence-corrected chi connectivity index (χ4v) is 22.1. The number of nitrogens with zero attached hydrogens (tertiary/aromatic N) is 8. The van der Waals surface area contributed by atoms with E-state index in [-0.39, 0.29) is 123 Å². The number of aromatic nitrogens is 6. The summed E-state index contributed by atoms with van der Waals surface area (Å²) >= 11 is 21.3. The van der Waals surface area contributed by atoms with E-state index in [2.05, 4.69) is 213 Å². The van der Waals surface area contributed by atoms with Crippen LogP contribution in [-0.4, -0.2) is 85.0 Å². The highest BCUT2D eigenvalue weighted by atomic mass is 79.9. The van der Waals surface area contributed by atoms with Crippen LogP contribution in [0.2, 0.25) is 0 Å². The third kappa shape index (κ3) is 14.6. The van der Waals surface area contributed by atoms with E-state index in [4.69, 9.17) is 9.98 Å². The van der Waals surface area contributed by atoms with Gasteiger partial charge in [-0.05, 0) is 214 Å². The van der Waals surface area contributed by atoms with Crippen molar-refractivity contribution in [3.05, 3.63) is 224 Å². The molecule has 28 heteroatoms. The average Bonchev–Trinajstić information content (AvgIpc) is 1.62. The maximum atomic E-state index is 14.6. The largest absolute Gasteiger partial charge is 0.494 e. The molecule has 0 bridgehead atoms. The SMILES string of the molecule is C.CCCN1C(=O)c2c(Br)c(Br)c3c4c(c(Br)c(Br)c(c24)C1=O)C(=O)N(CCC)C3=O.CCCn1c(O)c2c(Nc3cccc(C(C)(C)C)c3)c(Br)c3c4c2c(c(=Nc2cccc(C(C)(C)C)c2)c(Br)c-4c(=O)n(CCC)c3=O)c1=O.CCCn1c(O)c2c3nc4cc(C(C)(C)C)ccc4c3c3c(=O)n(CCC)c(=O)c4c5c6ccc(C(C)(C)C)cc6[nH]c5c(c1=O)c2c34. The third-order valence-electron chi connectivity index (χ3n) is 24.8. The van der Waals surface area contributed by atoms with Crippen LogP contribution >= 0.6 is 95.6 Å². The number of anilines is 2. The van der Waals surface area contributed by atoms with Crippen molar-refractivity contribution >= 4 is 245 Å². The number of benzene rings is 10. The number of imide groups is 2. The summed E-state index contributed by atoms with van der Waals surface area (Å²) in [6, 6.07) is 28.1. The summed E-state index contributed by atoms with van der Waals surface area (Å²) in [5.74, 6) is -2.27. The van der Waals surface area contributed by atoms with E-state index in [9.17, 15) is 58.2 Å². The van der Waals surface area contributed by atoms with E-state index in [0.717, 1.165) is 44.2 Å². The molecule has 3 aliphatic heterocycles. The van der Waals surface area contributed by atoms with E-state index in [1.807, 2.05) is 102 Å². The zero-order chi connectivity index (χ0) is 92.7. The van der Waals surface area contributed by atoms with Gasteiger partial charge in [-0.3, -0.25) is 76.0 Å². The molecule has 0 saturated carbocycles. The minimum Gasteiger partial charge on any atom is -0.494 e. The lowest BCUT2D eigenvalue weighted by atomic mass is 9.85. The first kappa shape index (κ1) is 93.6. The molecular weight excluding hydrogens is 2020 g/mol. The Kier molecular flexibility index (Phi) is 24.6. The molecule has 129 heavy (non-hydrogen) atoms. The first-order chi connectivity index (χ1) is 60.4. The Morgan fingerprint density at radius 3 is 1.27 bits per heavy atom. The quantitative estimate of drug-likeness (QED) is 0.0548. The normalized spacial score (nSPS) is 13.6. The molecule has 4 amide bonds. The van der Waals surface area contributed by atoms with Crippen LogP contribution in [0.5, 0.6) is 11.8 Å². The van der Waals surface area contributed by atoms with Gasteiger partial charge >= 0.3 is 0 Å². The monoisotopic (exact) mass is 2120 g/mol. The molecule has 0 atom stereocenters. The van der Waals surface area contributed by atoms with E-state index < -0.39 is 51.4 Å². The number of rotatable bonds is 15. The van der Waals surface area contributed by atoms with Crippen molar-refractivity contribution in [1.29, 1.82) is 0 Å². The number of pyridine rings is 4. The number of halogens is 6. The first-order valence-corrected chi connectivity index (χ1v) is 48.0. The molecule has 14 aromatic rings. The van der Waals surface area contributed by atoms with Crippen molar-refractivity contribution in [3.8, 4) is 22.9 Å². The van der Waals surface area contributed by atoms with E-state index in [0.29, 0.717) is 170 Å². The summed E-state index contributed by atoms with van der Waals surface area (Å²) in [5, 5.41) is 34.7. The highest BCUT2D eigenvalue weighted by Crippen LogP contribution is 2.54. The van der Waals surface area contributed by atoms with Gasteiger partial charge < -0.3 is 20.5 Å². The zero-order valence-electron chi connectivity index (χ0n) is 74.4. The number of nitrogens with one attached hydrogen (secondary N) is 2. The summed E-state index contributed by atoms with van der Waals surface area (Å²) in [6.45, 7) is 38.6. The van der Waals surface area contributed by atoms with Gasteiger partial charge in [-0.25, -0.2) is 9.98 Å². The Morgan fingerprint density at radius 1 is 0.364 bits per heavy atom. The molecule has 668 valence electrons. The molecule has 4 N–H and O–H groups in total. The average molecular weight is 2130 g/mol. The molecule has 9 aromatic carbocycles. The lowest BCUT2D eigenvalue weighted by Crippen LogP contribution is -2.44. The second-order valence-electron chi connectivity index (χ2n) is 37.5. The van der Waals surface area contributed by atoms with Crippen LogP contribution in [0.4, 0.5) is 17.1 Å². The number of amides is 4. The lowest BCUT2D eigenvalue weighted by molar-refractivity contribution is 0.0587. The van der Waals surface area contributed by atoms with Crippen LogP contribution in [0.3, 0.4) is 0 Å². The molecule has 0 spiro atoms. The predicted molar refractivity (Wildman–Crippen MR) is 542 cm³/mol. The molecule has 0 saturated heterocycles. The molecular formula is C101H100Br6N10O12. The first-order valence-electron chi connectivity index (χ1n) is 43.2. The standard InChI is InChI=1S/C40H42Br2N4O4.C40H40N4O4.C20H14Br4N2O4.CH4/c1-9-17-45-35(47)27-25-26-29(33(31(27)41)43-23-15-11-13-21(19-23)39(3,4)5)37(49)46(18-10-2)38(50)30(26)34(32(42)28(25)36(45)48)44-24-16-12-14-22(20-24)40(6,7)8;1-9-15-43-35(45)29-25-21-13-11-19(39(3,4)5)17-23(21)41-33(25)31-28-27(29)30(36(43)46)26-22-14-12-20(40(6,7)8)18-24(22)42-34(26)32(28)38(48)44(16-10-2)37(31)47;1-3-5-25-17(27)9-7-8-11(15(23)13(9)21)19(29)26(6-4-2)20(30)12(8)16(24)14(22)10(7)18(25)28;/h11-16,19-20,43,49H,9-10,17-18H2,1-8H3;11-14,17-18,41,48H,9-10,15-16H2,1-8H3;3-6H2,1-2H3;1H4. The maximum Gasteiger partial charge on any atom is 0.263 e. The Bertz CT molecular complexity index is 7770. The second-order valence-corrected chi connectivity index (χ2v) is 42.3. The molecule has 0 unspecified atom stereocenters. The maximum absolute atomic E-state index is 14.6. The van der Waals surface area contributed by atoms with Crippen molar-refractivity contribution in [2.75, 3.05) is 18.4 Å². The molecule has 0 radical (unpaired) electrons. The van der Waals surface area contributed by atoms with Gasteiger partial charge in [0, 0.05) is 122 Å². The number of carbonyl (C=O) groups excluding carboxylic acids is 4. The van der Waals surface area contributed by atoms with Gasteiger partial charge in [-0.2, -0.15) is 0 Å². The number of aromatic amines is 1. The Labute approximate surface area is 793 Å². The topological polar surface area (TPSA) is 290 Å². The fraction of sp³-hybridized carbons (Fsp3) is 0.347. The smallest absolute Gasteiger partial charge is 0.263 e. The summed E-state index contributed by atoms with van der Waals surface area (Å²) in [7, 11) is 0.